The topological polar surface area (TPSA) is 66.7 Å². The molecule has 2 heterocycles. The average Bonchev–Trinajstić information content (AvgIpc) is 3.04. The number of nitrogens with zero attached hydrogens (tertiary/aromatic N) is 3. The third-order valence-corrected chi connectivity index (χ3v) is 5.51. The maximum atomic E-state index is 12.8. The van der Waals surface area contributed by atoms with E-state index < -0.39 is 4.92 Å². The highest BCUT2D eigenvalue weighted by Crippen LogP contribution is 2.33. The molecule has 6 nitrogen and oxygen atoms in total. The lowest BCUT2D eigenvalue weighted by atomic mass is 9.85. The molecule has 1 aromatic carbocycles. The molecule has 136 valence electrons. The number of rotatable bonds is 3. The van der Waals surface area contributed by atoms with Gasteiger partial charge in [-0.2, -0.15) is 0 Å². The molecule has 0 spiro atoms. The summed E-state index contributed by atoms with van der Waals surface area (Å²) >= 11 is 0. The van der Waals surface area contributed by atoms with Gasteiger partial charge in [-0.3, -0.25) is 14.9 Å². The average molecular weight is 345 g/mol. The number of benzene rings is 1. The zero-order valence-electron chi connectivity index (χ0n) is 15.2. The van der Waals surface area contributed by atoms with Crippen LogP contribution in [-0.2, 0) is 0 Å². The molecule has 0 atom stereocenters. The molecule has 0 unspecified atom stereocenters. The summed E-state index contributed by atoms with van der Waals surface area (Å²) in [5, 5.41) is 11.4. The van der Waals surface area contributed by atoms with Gasteiger partial charge in [-0.1, -0.05) is 13.8 Å². The van der Waals surface area contributed by atoms with Crippen molar-refractivity contribution in [1.29, 1.82) is 0 Å². The van der Waals surface area contributed by atoms with E-state index in [4.69, 9.17) is 0 Å². The summed E-state index contributed by atoms with van der Waals surface area (Å²) in [5.41, 5.74) is 1.39. The standard InChI is InChI=1S/C19H27N3O3/c1-19(2)8-5-12-20(13-9-19)15-6-7-17(22(24)25)16(14-15)18(23)21-10-3-4-11-21/h6-7,14H,3-5,8-13H2,1-2H3. The quantitative estimate of drug-likeness (QED) is 0.616. The Balaban J connectivity index is 1.89. The number of hydrogen-bond acceptors (Lipinski definition) is 4. The van der Waals surface area contributed by atoms with Crippen molar-refractivity contribution in [1.82, 2.24) is 4.90 Å². The number of nitro groups is 1. The Bertz CT molecular complexity index is 666. The predicted octanol–water partition coefficient (Wildman–Crippen LogP) is 3.85. The highest BCUT2D eigenvalue weighted by Gasteiger charge is 2.29. The van der Waals surface area contributed by atoms with E-state index >= 15 is 0 Å². The van der Waals surface area contributed by atoms with Crippen LogP contribution in [0.2, 0.25) is 0 Å². The number of amides is 1. The Labute approximate surface area is 148 Å². The van der Waals surface area contributed by atoms with Crippen LogP contribution in [0.4, 0.5) is 11.4 Å². The van der Waals surface area contributed by atoms with E-state index in [0.29, 0.717) is 18.5 Å². The summed E-state index contributed by atoms with van der Waals surface area (Å²) in [6.07, 6.45) is 5.30. The van der Waals surface area contributed by atoms with E-state index in [9.17, 15) is 14.9 Å². The monoisotopic (exact) mass is 345 g/mol. The minimum atomic E-state index is -0.446. The third-order valence-electron chi connectivity index (χ3n) is 5.51. The summed E-state index contributed by atoms with van der Waals surface area (Å²) in [5.74, 6) is -0.207. The lowest BCUT2D eigenvalue weighted by Gasteiger charge is -2.25. The fourth-order valence-corrected chi connectivity index (χ4v) is 3.82. The van der Waals surface area contributed by atoms with Crippen molar-refractivity contribution in [2.24, 2.45) is 5.41 Å². The lowest BCUT2D eigenvalue weighted by molar-refractivity contribution is -0.385. The van der Waals surface area contributed by atoms with E-state index in [1.165, 1.54) is 12.5 Å². The highest BCUT2D eigenvalue weighted by molar-refractivity contribution is 5.99. The molecule has 25 heavy (non-hydrogen) atoms. The van der Waals surface area contributed by atoms with Gasteiger partial charge in [-0.25, -0.2) is 0 Å². The Hall–Kier alpha value is -2.11. The van der Waals surface area contributed by atoms with Crippen molar-refractivity contribution in [2.45, 2.75) is 46.0 Å². The first-order chi connectivity index (χ1) is 11.9. The fourth-order valence-electron chi connectivity index (χ4n) is 3.82. The molecule has 0 N–H and O–H groups in total. The highest BCUT2D eigenvalue weighted by atomic mass is 16.6. The number of carbonyl (C=O) groups excluding carboxylic acids is 1. The minimum Gasteiger partial charge on any atom is -0.371 e. The van der Waals surface area contributed by atoms with Gasteiger partial charge in [-0.15, -0.1) is 0 Å². The van der Waals surface area contributed by atoms with Crippen molar-refractivity contribution in [3.63, 3.8) is 0 Å². The molecule has 2 aliphatic heterocycles. The first-order valence-electron chi connectivity index (χ1n) is 9.20. The fraction of sp³-hybridized carbons (Fsp3) is 0.632. The molecule has 6 heteroatoms. The number of carbonyl (C=O) groups is 1. The summed E-state index contributed by atoms with van der Waals surface area (Å²) < 4.78 is 0. The van der Waals surface area contributed by atoms with Crippen LogP contribution >= 0.6 is 0 Å². The Morgan fingerprint density at radius 2 is 1.80 bits per heavy atom. The summed E-state index contributed by atoms with van der Waals surface area (Å²) in [4.78, 5) is 27.7. The first kappa shape index (κ1) is 17.7. The van der Waals surface area contributed by atoms with Crippen molar-refractivity contribution >= 4 is 17.3 Å². The van der Waals surface area contributed by atoms with Gasteiger partial charge in [0.1, 0.15) is 5.56 Å². The van der Waals surface area contributed by atoms with E-state index in [1.807, 2.05) is 0 Å². The molecule has 0 aromatic heterocycles. The van der Waals surface area contributed by atoms with Crippen molar-refractivity contribution in [2.75, 3.05) is 31.1 Å². The Morgan fingerprint density at radius 3 is 2.48 bits per heavy atom. The van der Waals surface area contributed by atoms with Crippen LogP contribution in [-0.4, -0.2) is 41.9 Å². The van der Waals surface area contributed by atoms with Gasteiger partial charge < -0.3 is 9.80 Å². The van der Waals surface area contributed by atoms with Gasteiger partial charge in [0.15, 0.2) is 0 Å². The second-order valence-electron chi connectivity index (χ2n) is 7.96. The molecule has 2 saturated heterocycles. The summed E-state index contributed by atoms with van der Waals surface area (Å²) in [6.45, 7) is 7.81. The van der Waals surface area contributed by atoms with Crippen molar-refractivity contribution in [3.05, 3.63) is 33.9 Å². The third kappa shape index (κ3) is 3.94. The lowest BCUT2D eigenvalue weighted by Crippen LogP contribution is -2.29. The van der Waals surface area contributed by atoms with Crippen LogP contribution in [0.15, 0.2) is 18.2 Å². The summed E-state index contributed by atoms with van der Waals surface area (Å²) in [7, 11) is 0. The normalized spacial score (nSPS) is 20.4. The van der Waals surface area contributed by atoms with Crippen molar-refractivity contribution < 1.29 is 9.72 Å². The van der Waals surface area contributed by atoms with Gasteiger partial charge in [0, 0.05) is 37.9 Å². The van der Waals surface area contributed by atoms with Gasteiger partial charge >= 0.3 is 0 Å². The number of nitro benzene ring substituents is 1. The molecule has 0 radical (unpaired) electrons. The number of likely N-dealkylation sites (tertiary alicyclic amines) is 1. The minimum absolute atomic E-state index is 0.0872. The second-order valence-corrected chi connectivity index (χ2v) is 7.96. The maximum Gasteiger partial charge on any atom is 0.282 e. The van der Waals surface area contributed by atoms with Gasteiger partial charge in [0.25, 0.3) is 11.6 Å². The molecular formula is C19H27N3O3. The van der Waals surface area contributed by atoms with Crippen LogP contribution in [0.25, 0.3) is 0 Å². The zero-order valence-corrected chi connectivity index (χ0v) is 15.2. The van der Waals surface area contributed by atoms with E-state index in [1.54, 1.807) is 17.0 Å². The first-order valence-corrected chi connectivity index (χ1v) is 9.20. The Morgan fingerprint density at radius 1 is 1.08 bits per heavy atom. The van der Waals surface area contributed by atoms with Crippen molar-refractivity contribution in [3.8, 4) is 0 Å². The summed E-state index contributed by atoms with van der Waals surface area (Å²) in [6, 6.07) is 5.02. The van der Waals surface area contributed by atoms with E-state index in [2.05, 4.69) is 18.7 Å². The predicted molar refractivity (Wildman–Crippen MR) is 98.1 cm³/mol. The second kappa shape index (κ2) is 7.02. The van der Waals surface area contributed by atoms with Gasteiger partial charge in [0.05, 0.1) is 4.92 Å². The van der Waals surface area contributed by atoms with Gasteiger partial charge in [0.2, 0.25) is 0 Å². The molecule has 1 amide bonds. The van der Waals surface area contributed by atoms with E-state index in [-0.39, 0.29) is 17.2 Å². The van der Waals surface area contributed by atoms with E-state index in [0.717, 1.165) is 44.5 Å². The van der Waals surface area contributed by atoms with Gasteiger partial charge in [-0.05, 0) is 49.7 Å². The van der Waals surface area contributed by atoms with Crippen LogP contribution in [0.3, 0.4) is 0 Å². The molecule has 1 aromatic rings. The number of hydrogen-bond donors (Lipinski definition) is 0. The van der Waals surface area contributed by atoms with Crippen LogP contribution in [0.5, 0.6) is 0 Å². The van der Waals surface area contributed by atoms with Crippen LogP contribution < -0.4 is 4.90 Å². The smallest absolute Gasteiger partial charge is 0.282 e. The van der Waals surface area contributed by atoms with Crippen LogP contribution in [0, 0.1) is 15.5 Å². The maximum absolute atomic E-state index is 12.8. The molecule has 2 fully saturated rings. The molecule has 3 rings (SSSR count). The molecule has 0 saturated carbocycles. The molecular weight excluding hydrogens is 318 g/mol. The Kier molecular flexibility index (Phi) is 4.97. The SMILES string of the molecule is CC1(C)CCCN(c2ccc([N+](=O)[O-])c(C(=O)N3CCCC3)c2)CC1. The zero-order chi connectivity index (χ0) is 18.0. The number of anilines is 1. The van der Waals surface area contributed by atoms with Crippen LogP contribution in [0.1, 0.15) is 56.3 Å². The largest absolute Gasteiger partial charge is 0.371 e. The molecule has 0 aliphatic carbocycles. The molecule has 0 bridgehead atoms. The molecule has 2 aliphatic rings.